The Hall–Kier alpha value is -3.01. The molecular weight excluding hydrogens is 290 g/mol. The number of ether oxygens (including phenoxy) is 1. The van der Waals surface area contributed by atoms with E-state index in [1.54, 1.807) is 11.8 Å². The van der Waals surface area contributed by atoms with Crippen LogP contribution in [0, 0.1) is 39.9 Å². The molecule has 2 atom stereocenters. The van der Waals surface area contributed by atoms with Gasteiger partial charge in [0.15, 0.2) is 17.1 Å². The monoisotopic (exact) mass is 307 g/mol. The van der Waals surface area contributed by atoms with Gasteiger partial charge in [-0.05, 0) is 19.4 Å². The van der Waals surface area contributed by atoms with E-state index in [-0.39, 0.29) is 18.1 Å². The zero-order valence-electron chi connectivity index (χ0n) is 13.1. The Labute approximate surface area is 135 Å². The Morgan fingerprint density at radius 3 is 2.43 bits per heavy atom. The van der Waals surface area contributed by atoms with Crippen molar-refractivity contribution in [2.45, 2.75) is 19.5 Å². The lowest BCUT2D eigenvalue weighted by molar-refractivity contribution is -0.0218. The summed E-state index contributed by atoms with van der Waals surface area (Å²) in [4.78, 5) is 1.66. The summed E-state index contributed by atoms with van der Waals surface area (Å²) < 4.78 is 5.50. The molecule has 1 aliphatic heterocycles. The van der Waals surface area contributed by atoms with Crippen LogP contribution in [0.4, 0.5) is 0 Å². The summed E-state index contributed by atoms with van der Waals surface area (Å²) in [6, 6.07) is 15.6. The summed E-state index contributed by atoms with van der Waals surface area (Å²) >= 11 is 0. The van der Waals surface area contributed by atoms with Crippen molar-refractivity contribution in [3.63, 3.8) is 0 Å². The predicted molar refractivity (Wildman–Crippen MR) is 82.6 cm³/mol. The van der Waals surface area contributed by atoms with Gasteiger partial charge in [0.05, 0.1) is 12.0 Å². The maximum atomic E-state index is 9.54. The van der Waals surface area contributed by atoms with Gasteiger partial charge in [-0.3, -0.25) is 0 Å². The average molecular weight is 307 g/mol. The fourth-order valence-electron chi connectivity index (χ4n) is 2.78. The van der Waals surface area contributed by atoms with Crippen LogP contribution in [-0.2, 0) is 10.4 Å². The smallest absolute Gasteiger partial charge is 0.156 e. The van der Waals surface area contributed by atoms with Gasteiger partial charge in [0.2, 0.25) is 0 Å². The molecule has 0 aromatic heterocycles. The van der Waals surface area contributed by atoms with Gasteiger partial charge in [0.25, 0.3) is 0 Å². The van der Waals surface area contributed by atoms with Crippen LogP contribution in [0.25, 0.3) is 0 Å². The molecule has 0 aliphatic carbocycles. The molecule has 2 unspecified atom stereocenters. The molecule has 0 fully saturated rings. The minimum absolute atomic E-state index is 0.110. The largest absolute Gasteiger partial charge is 0.361 e. The Balaban J connectivity index is 2.64. The number of rotatable bonds is 5. The van der Waals surface area contributed by atoms with Gasteiger partial charge in [-0.2, -0.15) is 15.8 Å². The number of nitriles is 3. The predicted octanol–water partition coefficient (Wildman–Crippen LogP) is 2.16. The fraction of sp³-hybridized carbons (Fsp3) is 0.353. The fourth-order valence-corrected chi connectivity index (χ4v) is 2.78. The maximum Gasteiger partial charge on any atom is 0.156 e. The Morgan fingerprint density at radius 1 is 1.22 bits per heavy atom. The van der Waals surface area contributed by atoms with Gasteiger partial charge in [-0.25, -0.2) is 0 Å². The topological polar surface area (TPSA) is 95.9 Å². The van der Waals surface area contributed by atoms with Gasteiger partial charge >= 0.3 is 0 Å². The molecule has 0 spiro atoms. The van der Waals surface area contributed by atoms with Crippen molar-refractivity contribution in [2.24, 2.45) is 5.92 Å². The van der Waals surface area contributed by atoms with E-state index in [0.717, 1.165) is 5.56 Å². The third-order valence-corrected chi connectivity index (χ3v) is 3.92. The third-order valence-electron chi connectivity index (χ3n) is 3.92. The molecule has 0 amide bonds. The minimum Gasteiger partial charge on any atom is -0.361 e. The SMILES string of the molecule is CCOCN1C(C#N)=C(C#N)NC1(c1ccccc1)C(C)C#N. The molecule has 23 heavy (non-hydrogen) atoms. The Morgan fingerprint density at radius 2 is 1.91 bits per heavy atom. The lowest BCUT2D eigenvalue weighted by Crippen LogP contribution is -2.54. The molecule has 1 aromatic carbocycles. The van der Waals surface area contributed by atoms with E-state index in [2.05, 4.69) is 17.5 Å². The number of allylic oxidation sites excluding steroid dienone is 2. The van der Waals surface area contributed by atoms with E-state index in [9.17, 15) is 15.8 Å². The Kier molecular flexibility index (Phi) is 4.86. The first-order valence-electron chi connectivity index (χ1n) is 7.28. The zero-order chi connectivity index (χ0) is 16.9. The number of hydrogen-bond acceptors (Lipinski definition) is 6. The highest BCUT2D eigenvalue weighted by Gasteiger charge is 2.51. The number of nitrogens with one attached hydrogen (secondary N) is 1. The number of nitrogens with zero attached hydrogens (tertiary/aromatic N) is 4. The van der Waals surface area contributed by atoms with Gasteiger partial charge in [-0.1, -0.05) is 30.3 Å². The quantitative estimate of drug-likeness (QED) is 0.895. The summed E-state index contributed by atoms with van der Waals surface area (Å²) in [6.45, 7) is 4.18. The molecule has 1 aliphatic rings. The highest BCUT2D eigenvalue weighted by Crippen LogP contribution is 2.41. The molecule has 1 N–H and O–H groups in total. The molecular formula is C17H17N5O. The standard InChI is InChI=1S/C17H17N5O/c1-3-23-12-22-16(11-20)15(10-19)21-17(22,13(2)9-18)14-7-5-4-6-8-14/h4-8,13,21H,3,12H2,1-2H3. The third kappa shape index (κ3) is 2.59. The molecule has 6 heteroatoms. The van der Waals surface area contributed by atoms with Crippen LogP contribution in [0.1, 0.15) is 19.4 Å². The van der Waals surface area contributed by atoms with Crippen molar-refractivity contribution in [1.82, 2.24) is 10.2 Å². The first kappa shape index (κ1) is 16.4. The Bertz CT molecular complexity index is 722. The van der Waals surface area contributed by atoms with Crippen LogP contribution in [0.15, 0.2) is 41.7 Å². The van der Waals surface area contributed by atoms with Crippen molar-refractivity contribution in [3.05, 3.63) is 47.3 Å². The number of hydrogen-bond donors (Lipinski definition) is 1. The van der Waals surface area contributed by atoms with Crippen LogP contribution >= 0.6 is 0 Å². The zero-order valence-corrected chi connectivity index (χ0v) is 13.1. The van der Waals surface area contributed by atoms with E-state index in [0.29, 0.717) is 6.61 Å². The molecule has 0 bridgehead atoms. The lowest BCUT2D eigenvalue weighted by atomic mass is 9.87. The molecule has 0 saturated carbocycles. The van der Waals surface area contributed by atoms with E-state index in [1.165, 1.54) is 0 Å². The van der Waals surface area contributed by atoms with Crippen molar-refractivity contribution < 1.29 is 4.74 Å². The second kappa shape index (κ2) is 6.83. The van der Waals surface area contributed by atoms with Crippen molar-refractivity contribution in [2.75, 3.05) is 13.3 Å². The van der Waals surface area contributed by atoms with Crippen LogP contribution in [0.2, 0.25) is 0 Å². The van der Waals surface area contributed by atoms with Crippen molar-refractivity contribution in [3.8, 4) is 18.2 Å². The molecule has 1 heterocycles. The average Bonchev–Trinajstić information content (AvgIpc) is 2.94. The molecule has 2 rings (SSSR count). The minimum atomic E-state index is -1.01. The van der Waals surface area contributed by atoms with E-state index < -0.39 is 11.6 Å². The van der Waals surface area contributed by atoms with Crippen LogP contribution < -0.4 is 5.32 Å². The van der Waals surface area contributed by atoms with Crippen LogP contribution in [0.5, 0.6) is 0 Å². The second-order valence-corrected chi connectivity index (χ2v) is 5.11. The maximum absolute atomic E-state index is 9.54. The molecule has 116 valence electrons. The summed E-state index contributed by atoms with van der Waals surface area (Å²) in [5, 5.41) is 31.5. The lowest BCUT2D eigenvalue weighted by Gasteiger charge is -2.42. The first-order valence-corrected chi connectivity index (χ1v) is 7.28. The molecule has 0 saturated heterocycles. The highest BCUT2D eigenvalue weighted by molar-refractivity contribution is 5.45. The van der Waals surface area contributed by atoms with Crippen LogP contribution in [0.3, 0.4) is 0 Å². The van der Waals surface area contributed by atoms with Crippen molar-refractivity contribution >= 4 is 0 Å². The first-order chi connectivity index (χ1) is 11.1. The van der Waals surface area contributed by atoms with Gasteiger partial charge in [0.1, 0.15) is 18.9 Å². The van der Waals surface area contributed by atoms with Gasteiger partial charge in [0, 0.05) is 6.61 Å². The van der Waals surface area contributed by atoms with Crippen LogP contribution in [-0.4, -0.2) is 18.2 Å². The summed E-state index contributed by atoms with van der Waals surface area (Å²) in [6.07, 6.45) is 0. The van der Waals surface area contributed by atoms with Gasteiger partial charge < -0.3 is 15.0 Å². The summed E-state index contributed by atoms with van der Waals surface area (Å²) in [7, 11) is 0. The van der Waals surface area contributed by atoms with Gasteiger partial charge in [-0.15, -0.1) is 0 Å². The molecule has 1 aromatic rings. The summed E-state index contributed by atoms with van der Waals surface area (Å²) in [5.74, 6) is -0.528. The second-order valence-electron chi connectivity index (χ2n) is 5.11. The number of benzene rings is 1. The van der Waals surface area contributed by atoms with E-state index in [4.69, 9.17) is 4.74 Å². The normalized spacial score (nSPS) is 21.1. The molecule has 6 nitrogen and oxygen atoms in total. The van der Waals surface area contributed by atoms with E-state index >= 15 is 0 Å². The summed E-state index contributed by atoms with van der Waals surface area (Å²) in [5.41, 5.74) is 0.123. The highest BCUT2D eigenvalue weighted by atomic mass is 16.5. The molecule has 0 radical (unpaired) electrons. The van der Waals surface area contributed by atoms with E-state index in [1.807, 2.05) is 43.3 Å². The van der Waals surface area contributed by atoms with Crippen molar-refractivity contribution in [1.29, 1.82) is 15.8 Å².